The Morgan fingerprint density at radius 3 is 2.63 bits per heavy atom. The fourth-order valence-corrected chi connectivity index (χ4v) is 2.72. The van der Waals surface area contributed by atoms with Crippen molar-refractivity contribution < 1.29 is 13.2 Å². The molecule has 7 heteroatoms. The van der Waals surface area contributed by atoms with Gasteiger partial charge in [0.2, 0.25) is 10.0 Å². The summed E-state index contributed by atoms with van der Waals surface area (Å²) in [4.78, 5) is 11.7. The summed E-state index contributed by atoms with van der Waals surface area (Å²) in [7, 11) is -3.93. The lowest BCUT2D eigenvalue weighted by molar-refractivity contribution is 0.0946. The van der Waals surface area contributed by atoms with Gasteiger partial charge in [0, 0.05) is 12.1 Å². The highest BCUT2D eigenvalue weighted by atomic mass is 35.5. The van der Waals surface area contributed by atoms with E-state index in [0.717, 1.165) is 12.8 Å². The number of hydrogen-bond donors (Lipinski definition) is 2. The number of nitrogens with two attached hydrogens (primary N) is 1. The van der Waals surface area contributed by atoms with Crippen molar-refractivity contribution in [2.75, 3.05) is 6.54 Å². The standard InChI is InChI=1S/C12H15ClN2O3S/c1-12(4-5-12)7-15-11(16)8-2-3-9(13)10(6-8)19(14,17)18/h2-3,6H,4-5,7H2,1H3,(H,15,16)(H2,14,17,18). The molecule has 0 atom stereocenters. The summed E-state index contributed by atoms with van der Waals surface area (Å²) in [5.74, 6) is -0.324. The number of rotatable bonds is 4. The molecule has 0 radical (unpaired) electrons. The number of carbonyl (C=O) groups is 1. The molecule has 1 fully saturated rings. The van der Waals surface area contributed by atoms with E-state index in [1.807, 2.05) is 0 Å². The monoisotopic (exact) mass is 302 g/mol. The predicted octanol–water partition coefficient (Wildman–Crippen LogP) is 1.52. The molecule has 1 aromatic carbocycles. The maximum absolute atomic E-state index is 11.9. The summed E-state index contributed by atoms with van der Waals surface area (Å²) >= 11 is 5.75. The minimum atomic E-state index is -3.93. The number of primary sulfonamides is 1. The van der Waals surface area contributed by atoms with Gasteiger partial charge in [-0.15, -0.1) is 0 Å². The number of nitrogens with one attached hydrogen (secondary N) is 1. The zero-order chi connectivity index (χ0) is 14.3. The third-order valence-corrected chi connectivity index (χ3v) is 4.67. The number of hydrogen-bond acceptors (Lipinski definition) is 3. The first kappa shape index (κ1) is 14.3. The summed E-state index contributed by atoms with van der Waals surface area (Å²) in [6, 6.07) is 4.03. The molecule has 19 heavy (non-hydrogen) atoms. The van der Waals surface area contributed by atoms with Crippen LogP contribution in [0.3, 0.4) is 0 Å². The van der Waals surface area contributed by atoms with Crippen molar-refractivity contribution in [2.45, 2.75) is 24.7 Å². The Kier molecular flexibility index (Phi) is 3.59. The number of amides is 1. The molecule has 5 nitrogen and oxygen atoms in total. The van der Waals surface area contributed by atoms with Crippen molar-refractivity contribution in [3.63, 3.8) is 0 Å². The van der Waals surface area contributed by atoms with Crippen molar-refractivity contribution in [2.24, 2.45) is 10.6 Å². The summed E-state index contributed by atoms with van der Waals surface area (Å²) < 4.78 is 22.6. The molecule has 1 saturated carbocycles. The Hall–Kier alpha value is -1.11. The van der Waals surface area contributed by atoms with Gasteiger partial charge in [0.05, 0.1) is 5.02 Å². The van der Waals surface area contributed by atoms with Gasteiger partial charge in [0.1, 0.15) is 4.90 Å². The highest BCUT2D eigenvalue weighted by molar-refractivity contribution is 7.89. The van der Waals surface area contributed by atoms with E-state index < -0.39 is 10.0 Å². The van der Waals surface area contributed by atoms with E-state index in [9.17, 15) is 13.2 Å². The molecule has 0 unspecified atom stereocenters. The lowest BCUT2D eigenvalue weighted by Crippen LogP contribution is -2.29. The largest absolute Gasteiger partial charge is 0.351 e. The molecule has 0 aromatic heterocycles. The quantitative estimate of drug-likeness (QED) is 0.883. The lowest BCUT2D eigenvalue weighted by Gasteiger charge is -2.11. The predicted molar refractivity (Wildman–Crippen MR) is 72.5 cm³/mol. The highest BCUT2D eigenvalue weighted by Crippen LogP contribution is 2.44. The van der Waals surface area contributed by atoms with E-state index in [4.69, 9.17) is 16.7 Å². The van der Waals surface area contributed by atoms with Gasteiger partial charge in [-0.25, -0.2) is 13.6 Å². The average molecular weight is 303 g/mol. The van der Waals surface area contributed by atoms with Crippen LogP contribution in [-0.4, -0.2) is 20.9 Å². The SMILES string of the molecule is CC1(CNC(=O)c2ccc(Cl)c(S(N)(=O)=O)c2)CC1. The third kappa shape index (κ3) is 3.46. The van der Waals surface area contributed by atoms with Crippen LogP contribution in [0, 0.1) is 5.41 Å². The van der Waals surface area contributed by atoms with Crippen LogP contribution in [0.5, 0.6) is 0 Å². The van der Waals surface area contributed by atoms with Gasteiger partial charge in [0.15, 0.2) is 0 Å². The van der Waals surface area contributed by atoms with E-state index >= 15 is 0 Å². The van der Waals surface area contributed by atoms with Crippen LogP contribution in [0.1, 0.15) is 30.1 Å². The molecule has 0 saturated heterocycles. The lowest BCUT2D eigenvalue weighted by atomic mass is 10.1. The number of carbonyl (C=O) groups excluding carboxylic acids is 1. The first-order valence-corrected chi connectivity index (χ1v) is 7.74. The second-order valence-electron chi connectivity index (χ2n) is 5.18. The van der Waals surface area contributed by atoms with Crippen molar-refractivity contribution in [3.8, 4) is 0 Å². The van der Waals surface area contributed by atoms with Crippen LogP contribution >= 0.6 is 11.6 Å². The normalized spacial score (nSPS) is 17.0. The van der Waals surface area contributed by atoms with E-state index in [1.165, 1.54) is 18.2 Å². The van der Waals surface area contributed by atoms with Crippen molar-refractivity contribution >= 4 is 27.5 Å². The molecule has 0 aliphatic heterocycles. The van der Waals surface area contributed by atoms with Crippen LogP contribution in [0.2, 0.25) is 5.02 Å². The zero-order valence-electron chi connectivity index (χ0n) is 10.4. The molecular weight excluding hydrogens is 288 g/mol. The van der Waals surface area contributed by atoms with Crippen LogP contribution in [0.4, 0.5) is 0 Å². The second kappa shape index (κ2) is 4.77. The number of halogens is 1. The Labute approximate surface area is 117 Å². The topological polar surface area (TPSA) is 89.3 Å². The van der Waals surface area contributed by atoms with Gasteiger partial charge < -0.3 is 5.32 Å². The third-order valence-electron chi connectivity index (χ3n) is 3.28. The van der Waals surface area contributed by atoms with Crippen molar-refractivity contribution in [3.05, 3.63) is 28.8 Å². The van der Waals surface area contributed by atoms with Crippen LogP contribution in [0.25, 0.3) is 0 Å². The average Bonchev–Trinajstić information content (AvgIpc) is 3.04. The van der Waals surface area contributed by atoms with Gasteiger partial charge in [0.25, 0.3) is 5.91 Å². The molecule has 1 aromatic rings. The minimum Gasteiger partial charge on any atom is -0.351 e. The minimum absolute atomic E-state index is 0.00760. The first-order chi connectivity index (χ1) is 8.71. The van der Waals surface area contributed by atoms with Gasteiger partial charge in [-0.3, -0.25) is 4.79 Å². The molecule has 2 rings (SSSR count). The Morgan fingerprint density at radius 1 is 1.47 bits per heavy atom. The maximum Gasteiger partial charge on any atom is 0.251 e. The zero-order valence-corrected chi connectivity index (χ0v) is 12.0. The smallest absolute Gasteiger partial charge is 0.251 e. The highest BCUT2D eigenvalue weighted by Gasteiger charge is 2.37. The van der Waals surface area contributed by atoms with Crippen molar-refractivity contribution in [1.29, 1.82) is 0 Å². The number of sulfonamides is 1. The molecular formula is C12H15ClN2O3S. The molecule has 1 aliphatic rings. The summed E-state index contributed by atoms with van der Waals surface area (Å²) in [5, 5.41) is 7.83. The summed E-state index contributed by atoms with van der Waals surface area (Å²) in [6.45, 7) is 2.67. The molecule has 0 spiro atoms. The molecule has 0 heterocycles. The second-order valence-corrected chi connectivity index (χ2v) is 7.12. The van der Waals surface area contributed by atoms with E-state index in [-0.39, 0.29) is 26.8 Å². The van der Waals surface area contributed by atoms with Gasteiger partial charge in [-0.05, 0) is 36.5 Å². The Morgan fingerprint density at radius 2 is 2.11 bits per heavy atom. The van der Waals surface area contributed by atoms with E-state index in [1.54, 1.807) is 0 Å². The summed E-state index contributed by atoms with van der Waals surface area (Å²) in [5.41, 5.74) is 0.419. The molecule has 3 N–H and O–H groups in total. The maximum atomic E-state index is 11.9. The van der Waals surface area contributed by atoms with Crippen LogP contribution in [0.15, 0.2) is 23.1 Å². The van der Waals surface area contributed by atoms with Gasteiger partial charge in [-0.1, -0.05) is 18.5 Å². The summed E-state index contributed by atoms with van der Waals surface area (Å²) in [6.07, 6.45) is 2.19. The molecule has 0 bridgehead atoms. The van der Waals surface area contributed by atoms with Gasteiger partial charge >= 0.3 is 0 Å². The fourth-order valence-electron chi connectivity index (χ4n) is 1.65. The fraction of sp³-hybridized carbons (Fsp3) is 0.417. The van der Waals surface area contributed by atoms with Crippen molar-refractivity contribution in [1.82, 2.24) is 5.32 Å². The van der Waals surface area contributed by atoms with Gasteiger partial charge in [-0.2, -0.15) is 0 Å². The molecule has 1 amide bonds. The number of benzene rings is 1. The van der Waals surface area contributed by atoms with Crippen LogP contribution < -0.4 is 10.5 Å². The molecule has 104 valence electrons. The first-order valence-electron chi connectivity index (χ1n) is 5.82. The Bertz CT molecular complexity index is 624. The molecule has 1 aliphatic carbocycles. The van der Waals surface area contributed by atoms with E-state index in [0.29, 0.717) is 6.54 Å². The Balaban J connectivity index is 2.18. The van der Waals surface area contributed by atoms with E-state index in [2.05, 4.69) is 12.2 Å². The van der Waals surface area contributed by atoms with Crippen LogP contribution in [-0.2, 0) is 10.0 Å².